The van der Waals surface area contributed by atoms with Gasteiger partial charge in [-0.2, -0.15) is 0 Å². The maximum Gasteiger partial charge on any atom is 0.331 e. The molecule has 0 saturated carbocycles. The maximum atomic E-state index is 12.0. The van der Waals surface area contributed by atoms with Gasteiger partial charge in [-0.05, 0) is 18.2 Å². The maximum absolute atomic E-state index is 12.0. The minimum Gasteiger partial charge on any atom is -0.363 e. The molecule has 0 aromatic carbocycles. The van der Waals surface area contributed by atoms with Gasteiger partial charge in [-0.3, -0.25) is 9.55 Å². The summed E-state index contributed by atoms with van der Waals surface area (Å²) < 4.78 is 1.59. The molecule has 3 heterocycles. The van der Waals surface area contributed by atoms with Gasteiger partial charge in [0.25, 0.3) is 0 Å². The second kappa shape index (κ2) is 4.24. The Kier molecular flexibility index (Phi) is 2.56. The third-order valence-electron chi connectivity index (χ3n) is 2.93. The summed E-state index contributed by atoms with van der Waals surface area (Å²) in [6.07, 6.45) is 4.98. The zero-order valence-electron chi connectivity index (χ0n) is 10.7. The van der Waals surface area contributed by atoms with E-state index in [1.54, 1.807) is 29.2 Å². The van der Waals surface area contributed by atoms with Gasteiger partial charge in [-0.1, -0.05) is 0 Å². The molecule has 0 saturated heterocycles. The molecule has 3 rings (SSSR count). The van der Waals surface area contributed by atoms with Gasteiger partial charge >= 0.3 is 5.69 Å². The number of H-pyrrole nitrogens is 1. The molecule has 6 heteroatoms. The number of imidazole rings is 1. The van der Waals surface area contributed by atoms with Gasteiger partial charge in [-0.15, -0.1) is 0 Å². The van der Waals surface area contributed by atoms with E-state index in [0.29, 0.717) is 5.52 Å². The van der Waals surface area contributed by atoms with Crippen LogP contribution in [0.1, 0.15) is 0 Å². The predicted molar refractivity (Wildman–Crippen MR) is 73.8 cm³/mol. The van der Waals surface area contributed by atoms with Crippen molar-refractivity contribution in [3.8, 4) is 5.69 Å². The number of hydrogen-bond donors (Lipinski definition) is 1. The number of fused-ring (bicyclic) bond motifs is 1. The molecule has 0 fully saturated rings. The molecule has 0 bridgehead atoms. The number of hydrogen-bond acceptors (Lipinski definition) is 4. The van der Waals surface area contributed by atoms with Gasteiger partial charge in [0.2, 0.25) is 0 Å². The van der Waals surface area contributed by atoms with Gasteiger partial charge in [0.1, 0.15) is 5.82 Å². The molecule has 0 spiro atoms. The van der Waals surface area contributed by atoms with E-state index in [1.807, 2.05) is 31.1 Å². The molecule has 3 aromatic heterocycles. The topological polar surface area (TPSA) is 66.8 Å². The normalized spacial score (nSPS) is 10.8. The highest BCUT2D eigenvalue weighted by molar-refractivity contribution is 5.75. The average Bonchev–Trinajstić information content (AvgIpc) is 2.74. The van der Waals surface area contributed by atoms with E-state index in [2.05, 4.69) is 15.0 Å². The first kappa shape index (κ1) is 11.5. The van der Waals surface area contributed by atoms with Crippen molar-refractivity contribution >= 4 is 16.9 Å². The SMILES string of the molecule is CN(C)c1ccc(-n2c(=O)[nH]c3cnccc32)cn1. The summed E-state index contributed by atoms with van der Waals surface area (Å²) in [6, 6.07) is 5.55. The van der Waals surface area contributed by atoms with Crippen LogP contribution in [0.15, 0.2) is 41.6 Å². The van der Waals surface area contributed by atoms with Crippen LogP contribution in [0.5, 0.6) is 0 Å². The Morgan fingerprint density at radius 1 is 1.21 bits per heavy atom. The number of aromatic amines is 1. The van der Waals surface area contributed by atoms with E-state index in [4.69, 9.17) is 0 Å². The summed E-state index contributed by atoms with van der Waals surface area (Å²) >= 11 is 0. The number of nitrogens with zero attached hydrogens (tertiary/aromatic N) is 4. The molecule has 0 atom stereocenters. The van der Waals surface area contributed by atoms with Crippen LogP contribution in [0.4, 0.5) is 5.82 Å². The zero-order valence-corrected chi connectivity index (χ0v) is 10.7. The molecular weight excluding hydrogens is 242 g/mol. The van der Waals surface area contributed by atoms with E-state index in [0.717, 1.165) is 17.0 Å². The monoisotopic (exact) mass is 255 g/mol. The minimum absolute atomic E-state index is 0.192. The third kappa shape index (κ3) is 1.87. The van der Waals surface area contributed by atoms with E-state index in [1.165, 1.54) is 0 Å². The molecule has 0 aliphatic carbocycles. The fourth-order valence-electron chi connectivity index (χ4n) is 1.99. The second-order valence-corrected chi connectivity index (χ2v) is 4.43. The number of pyridine rings is 2. The largest absolute Gasteiger partial charge is 0.363 e. The van der Waals surface area contributed by atoms with Crippen molar-refractivity contribution in [3.63, 3.8) is 0 Å². The smallest absolute Gasteiger partial charge is 0.331 e. The van der Waals surface area contributed by atoms with Crippen molar-refractivity contribution in [2.45, 2.75) is 0 Å². The Labute approximate surface area is 109 Å². The van der Waals surface area contributed by atoms with E-state index in [9.17, 15) is 4.79 Å². The number of anilines is 1. The fourth-order valence-corrected chi connectivity index (χ4v) is 1.99. The quantitative estimate of drug-likeness (QED) is 0.746. The van der Waals surface area contributed by atoms with Gasteiger partial charge in [-0.25, -0.2) is 9.78 Å². The molecule has 3 aromatic rings. The molecular formula is C13H13N5O. The van der Waals surface area contributed by atoms with Crippen molar-refractivity contribution in [1.82, 2.24) is 19.5 Å². The molecule has 19 heavy (non-hydrogen) atoms. The van der Waals surface area contributed by atoms with Crippen LogP contribution in [0.25, 0.3) is 16.7 Å². The van der Waals surface area contributed by atoms with Crippen molar-refractivity contribution in [1.29, 1.82) is 0 Å². The Balaban J connectivity index is 2.19. The molecule has 0 aliphatic heterocycles. The molecule has 0 radical (unpaired) electrons. The molecule has 6 nitrogen and oxygen atoms in total. The van der Waals surface area contributed by atoms with Crippen LogP contribution in [-0.2, 0) is 0 Å². The van der Waals surface area contributed by atoms with E-state index in [-0.39, 0.29) is 5.69 Å². The van der Waals surface area contributed by atoms with Crippen LogP contribution >= 0.6 is 0 Å². The number of nitrogens with one attached hydrogen (secondary N) is 1. The van der Waals surface area contributed by atoms with Crippen LogP contribution < -0.4 is 10.6 Å². The van der Waals surface area contributed by atoms with E-state index < -0.39 is 0 Å². The fraction of sp³-hybridized carbons (Fsp3) is 0.154. The average molecular weight is 255 g/mol. The van der Waals surface area contributed by atoms with Crippen molar-refractivity contribution in [2.75, 3.05) is 19.0 Å². The van der Waals surface area contributed by atoms with Crippen LogP contribution in [0.2, 0.25) is 0 Å². The predicted octanol–water partition coefficient (Wildman–Crippen LogP) is 1.17. The lowest BCUT2D eigenvalue weighted by molar-refractivity contribution is 0.991. The Hall–Kier alpha value is -2.63. The van der Waals surface area contributed by atoms with Crippen LogP contribution in [0, 0.1) is 0 Å². The van der Waals surface area contributed by atoms with Crippen LogP contribution in [-0.4, -0.2) is 33.6 Å². The van der Waals surface area contributed by atoms with Crippen molar-refractivity contribution in [2.24, 2.45) is 0 Å². The highest BCUT2D eigenvalue weighted by Crippen LogP contribution is 2.15. The van der Waals surface area contributed by atoms with Gasteiger partial charge < -0.3 is 9.88 Å². The van der Waals surface area contributed by atoms with Gasteiger partial charge in [0.05, 0.1) is 29.1 Å². The standard InChI is InChI=1S/C13H13N5O/c1-17(2)12-4-3-9(7-15-12)18-11-5-6-14-8-10(11)16-13(18)19/h3-8H,1-2H3,(H,16,19). The van der Waals surface area contributed by atoms with Crippen LogP contribution in [0.3, 0.4) is 0 Å². The van der Waals surface area contributed by atoms with E-state index >= 15 is 0 Å². The molecule has 0 unspecified atom stereocenters. The van der Waals surface area contributed by atoms with Crippen molar-refractivity contribution < 1.29 is 0 Å². The Morgan fingerprint density at radius 2 is 2.05 bits per heavy atom. The first-order valence-corrected chi connectivity index (χ1v) is 5.85. The molecule has 0 aliphatic rings. The molecule has 1 N–H and O–H groups in total. The first-order chi connectivity index (χ1) is 9.16. The minimum atomic E-state index is -0.192. The zero-order chi connectivity index (χ0) is 13.4. The summed E-state index contributed by atoms with van der Waals surface area (Å²) in [4.78, 5) is 25.0. The summed E-state index contributed by atoms with van der Waals surface area (Å²) in [5.74, 6) is 0.846. The summed E-state index contributed by atoms with van der Waals surface area (Å²) in [5, 5.41) is 0. The summed E-state index contributed by atoms with van der Waals surface area (Å²) in [6.45, 7) is 0. The Bertz CT molecular complexity index is 770. The summed E-state index contributed by atoms with van der Waals surface area (Å²) in [7, 11) is 3.84. The highest BCUT2D eigenvalue weighted by Gasteiger charge is 2.08. The highest BCUT2D eigenvalue weighted by atomic mass is 16.1. The van der Waals surface area contributed by atoms with Crippen molar-refractivity contribution in [3.05, 3.63) is 47.3 Å². The Morgan fingerprint density at radius 3 is 2.74 bits per heavy atom. The lowest BCUT2D eigenvalue weighted by Crippen LogP contribution is -2.15. The van der Waals surface area contributed by atoms with Gasteiger partial charge in [0.15, 0.2) is 0 Å². The molecule has 0 amide bonds. The van der Waals surface area contributed by atoms with Gasteiger partial charge in [0, 0.05) is 20.3 Å². The lowest BCUT2D eigenvalue weighted by Gasteiger charge is -2.11. The third-order valence-corrected chi connectivity index (χ3v) is 2.93. The second-order valence-electron chi connectivity index (χ2n) is 4.43. The first-order valence-electron chi connectivity index (χ1n) is 5.85. The number of aromatic nitrogens is 4. The lowest BCUT2D eigenvalue weighted by atomic mass is 10.3. The number of rotatable bonds is 2. The summed E-state index contributed by atoms with van der Waals surface area (Å²) in [5.41, 5.74) is 2.04. The molecule has 96 valence electrons.